The highest BCUT2D eigenvalue weighted by atomic mass is 15.3. The molecule has 0 aliphatic carbocycles. The normalized spacial score (nSPS) is 22.3. The van der Waals surface area contributed by atoms with E-state index in [0.717, 1.165) is 57.0 Å². The third-order valence-electron chi connectivity index (χ3n) is 4.52. The number of anilines is 2. The topological polar surface area (TPSA) is 35.5 Å². The molecule has 110 valence electrons. The Morgan fingerprint density at radius 1 is 1.00 bits per heavy atom. The fourth-order valence-electron chi connectivity index (χ4n) is 2.91. The van der Waals surface area contributed by atoms with E-state index in [1.807, 2.05) is 6.20 Å². The van der Waals surface area contributed by atoms with Gasteiger partial charge in [0.1, 0.15) is 5.82 Å². The molecule has 5 heteroatoms. The number of piperidine rings is 1. The highest BCUT2D eigenvalue weighted by molar-refractivity contribution is 5.44. The number of likely N-dealkylation sites (N-methyl/N-ethyl adjacent to an activating group) is 1. The molecule has 1 aromatic rings. The second kappa shape index (κ2) is 5.95. The first-order valence-electron chi connectivity index (χ1n) is 7.74. The van der Waals surface area contributed by atoms with Crippen molar-refractivity contribution in [3.63, 3.8) is 0 Å². The molecular weight excluding hydrogens is 250 g/mol. The quantitative estimate of drug-likeness (QED) is 0.816. The summed E-state index contributed by atoms with van der Waals surface area (Å²) in [6.07, 6.45) is 4.45. The summed E-state index contributed by atoms with van der Waals surface area (Å²) in [5.41, 5.74) is 0. The molecule has 2 aliphatic rings. The Hall–Kier alpha value is -1.36. The van der Waals surface area contributed by atoms with E-state index in [9.17, 15) is 0 Å². The number of hydrogen-bond acceptors (Lipinski definition) is 5. The first kappa shape index (κ1) is 13.6. The lowest BCUT2D eigenvalue weighted by atomic mass is 9.99. The Labute approximate surface area is 121 Å². The Bertz CT molecular complexity index is 396. The average molecular weight is 275 g/mol. The molecule has 0 aromatic carbocycles. The molecule has 2 saturated heterocycles. The maximum absolute atomic E-state index is 4.79. The molecule has 0 atom stereocenters. The highest BCUT2D eigenvalue weighted by Crippen LogP contribution is 2.22. The standard InChI is InChI=1S/C15H25N5/c1-13-4-7-19(8-5-13)14-3-6-16-15(17-14)20-11-9-18(2)10-12-20/h3,6,13H,4-5,7-12H2,1-2H3. The van der Waals surface area contributed by atoms with Crippen molar-refractivity contribution in [2.24, 2.45) is 5.92 Å². The first-order chi connectivity index (χ1) is 9.72. The van der Waals surface area contributed by atoms with Gasteiger partial charge >= 0.3 is 0 Å². The van der Waals surface area contributed by atoms with E-state index in [-0.39, 0.29) is 0 Å². The van der Waals surface area contributed by atoms with Crippen molar-refractivity contribution in [2.75, 3.05) is 56.1 Å². The van der Waals surface area contributed by atoms with Crippen LogP contribution in [0.25, 0.3) is 0 Å². The lowest BCUT2D eigenvalue weighted by molar-refractivity contribution is 0.311. The summed E-state index contributed by atoms with van der Waals surface area (Å²) in [6.45, 7) is 8.82. The number of piperazine rings is 1. The summed E-state index contributed by atoms with van der Waals surface area (Å²) < 4.78 is 0. The lowest BCUT2D eigenvalue weighted by Gasteiger charge is -2.34. The van der Waals surface area contributed by atoms with Gasteiger partial charge in [-0.2, -0.15) is 4.98 Å². The highest BCUT2D eigenvalue weighted by Gasteiger charge is 2.20. The molecule has 2 aliphatic heterocycles. The minimum atomic E-state index is 0.852. The fraction of sp³-hybridized carbons (Fsp3) is 0.733. The molecule has 0 bridgehead atoms. The lowest BCUT2D eigenvalue weighted by Crippen LogP contribution is -2.45. The van der Waals surface area contributed by atoms with Crippen LogP contribution in [0, 0.1) is 5.92 Å². The zero-order valence-electron chi connectivity index (χ0n) is 12.6. The van der Waals surface area contributed by atoms with Gasteiger partial charge in [0.15, 0.2) is 0 Å². The van der Waals surface area contributed by atoms with Crippen LogP contribution >= 0.6 is 0 Å². The predicted octanol–water partition coefficient (Wildman–Crippen LogP) is 1.46. The van der Waals surface area contributed by atoms with Gasteiger partial charge in [0, 0.05) is 45.5 Å². The van der Waals surface area contributed by atoms with Crippen molar-refractivity contribution in [1.82, 2.24) is 14.9 Å². The summed E-state index contributed by atoms with van der Waals surface area (Å²) in [5.74, 6) is 2.85. The molecular formula is C15H25N5. The number of aromatic nitrogens is 2. The molecule has 0 unspecified atom stereocenters. The second-order valence-corrected chi connectivity index (χ2v) is 6.17. The Morgan fingerprint density at radius 2 is 1.70 bits per heavy atom. The molecule has 0 spiro atoms. The van der Waals surface area contributed by atoms with E-state index in [0.29, 0.717) is 0 Å². The summed E-state index contributed by atoms with van der Waals surface area (Å²) in [5, 5.41) is 0. The van der Waals surface area contributed by atoms with Crippen molar-refractivity contribution in [3.05, 3.63) is 12.3 Å². The van der Waals surface area contributed by atoms with Crippen molar-refractivity contribution < 1.29 is 0 Å². The van der Waals surface area contributed by atoms with Gasteiger partial charge in [0.05, 0.1) is 0 Å². The first-order valence-corrected chi connectivity index (χ1v) is 7.74. The molecule has 0 radical (unpaired) electrons. The summed E-state index contributed by atoms with van der Waals surface area (Å²) in [7, 11) is 2.17. The van der Waals surface area contributed by atoms with Gasteiger partial charge in [-0.25, -0.2) is 4.98 Å². The third kappa shape index (κ3) is 3.03. The summed E-state index contributed by atoms with van der Waals surface area (Å²) in [6, 6.07) is 2.05. The van der Waals surface area contributed by atoms with Gasteiger partial charge in [-0.05, 0) is 31.9 Å². The summed E-state index contributed by atoms with van der Waals surface area (Å²) in [4.78, 5) is 16.3. The summed E-state index contributed by atoms with van der Waals surface area (Å²) >= 11 is 0. The zero-order valence-corrected chi connectivity index (χ0v) is 12.6. The second-order valence-electron chi connectivity index (χ2n) is 6.17. The predicted molar refractivity (Wildman–Crippen MR) is 82.4 cm³/mol. The van der Waals surface area contributed by atoms with E-state index < -0.39 is 0 Å². The van der Waals surface area contributed by atoms with Gasteiger partial charge in [0.2, 0.25) is 5.95 Å². The van der Waals surface area contributed by atoms with Crippen LogP contribution in [0.5, 0.6) is 0 Å². The maximum atomic E-state index is 4.79. The van der Waals surface area contributed by atoms with Crippen LogP contribution in [0.15, 0.2) is 12.3 Å². The van der Waals surface area contributed by atoms with Gasteiger partial charge in [0.25, 0.3) is 0 Å². The molecule has 20 heavy (non-hydrogen) atoms. The zero-order chi connectivity index (χ0) is 13.9. The number of rotatable bonds is 2. The molecule has 0 N–H and O–H groups in total. The Kier molecular flexibility index (Phi) is 4.05. The maximum Gasteiger partial charge on any atom is 0.227 e. The minimum Gasteiger partial charge on any atom is -0.356 e. The minimum absolute atomic E-state index is 0.852. The van der Waals surface area contributed by atoms with Crippen molar-refractivity contribution in [2.45, 2.75) is 19.8 Å². The van der Waals surface area contributed by atoms with E-state index >= 15 is 0 Å². The van der Waals surface area contributed by atoms with E-state index in [4.69, 9.17) is 4.98 Å². The van der Waals surface area contributed by atoms with E-state index in [1.165, 1.54) is 12.8 Å². The van der Waals surface area contributed by atoms with E-state index in [1.54, 1.807) is 0 Å². The van der Waals surface area contributed by atoms with Crippen LogP contribution in [0.4, 0.5) is 11.8 Å². The number of nitrogens with zero attached hydrogens (tertiary/aromatic N) is 5. The van der Waals surface area contributed by atoms with Gasteiger partial charge in [-0.3, -0.25) is 0 Å². The molecule has 3 rings (SSSR count). The SMILES string of the molecule is CC1CCN(c2ccnc(N3CCN(C)CC3)n2)CC1. The molecule has 2 fully saturated rings. The Balaban J connectivity index is 1.69. The largest absolute Gasteiger partial charge is 0.356 e. The fourth-order valence-corrected chi connectivity index (χ4v) is 2.91. The van der Waals surface area contributed by atoms with Crippen molar-refractivity contribution in [1.29, 1.82) is 0 Å². The molecule has 3 heterocycles. The third-order valence-corrected chi connectivity index (χ3v) is 4.52. The molecule has 0 amide bonds. The van der Waals surface area contributed by atoms with Gasteiger partial charge < -0.3 is 14.7 Å². The van der Waals surface area contributed by atoms with Gasteiger partial charge in [-0.15, -0.1) is 0 Å². The smallest absolute Gasteiger partial charge is 0.227 e. The van der Waals surface area contributed by atoms with Gasteiger partial charge in [-0.1, -0.05) is 6.92 Å². The van der Waals surface area contributed by atoms with Crippen LogP contribution in [0.1, 0.15) is 19.8 Å². The van der Waals surface area contributed by atoms with Crippen molar-refractivity contribution in [3.8, 4) is 0 Å². The molecule has 0 saturated carbocycles. The van der Waals surface area contributed by atoms with E-state index in [2.05, 4.69) is 39.7 Å². The Morgan fingerprint density at radius 3 is 2.40 bits per heavy atom. The van der Waals surface area contributed by atoms with Crippen LogP contribution in [-0.4, -0.2) is 61.2 Å². The van der Waals surface area contributed by atoms with Crippen molar-refractivity contribution >= 4 is 11.8 Å². The molecule has 5 nitrogen and oxygen atoms in total. The average Bonchev–Trinajstić information content (AvgIpc) is 2.49. The molecule has 1 aromatic heterocycles. The van der Waals surface area contributed by atoms with Crippen LogP contribution < -0.4 is 9.80 Å². The monoisotopic (exact) mass is 275 g/mol. The van der Waals surface area contributed by atoms with Crippen LogP contribution in [0.3, 0.4) is 0 Å². The van der Waals surface area contributed by atoms with Crippen LogP contribution in [0.2, 0.25) is 0 Å². The van der Waals surface area contributed by atoms with Crippen LogP contribution in [-0.2, 0) is 0 Å². The number of hydrogen-bond donors (Lipinski definition) is 0.